The first-order chi connectivity index (χ1) is 16.9. The molecule has 0 saturated carbocycles. The van der Waals surface area contributed by atoms with Gasteiger partial charge in [-0.2, -0.15) is 0 Å². The van der Waals surface area contributed by atoms with E-state index < -0.39 is 73.6 Å². The average molecular weight is 513 g/mol. The summed E-state index contributed by atoms with van der Waals surface area (Å²) in [5.41, 5.74) is -3.97. The zero-order valence-corrected chi connectivity index (χ0v) is 19.7. The first-order valence-electron chi connectivity index (χ1n) is 11.5. The van der Waals surface area contributed by atoms with Crippen molar-refractivity contribution in [2.75, 3.05) is 13.2 Å². The van der Waals surface area contributed by atoms with Crippen molar-refractivity contribution in [3.05, 3.63) is 36.4 Å². The van der Waals surface area contributed by atoms with Crippen molar-refractivity contribution in [3.8, 4) is 11.5 Å². The first kappa shape index (κ1) is 26.9. The zero-order valence-electron chi connectivity index (χ0n) is 19.7. The summed E-state index contributed by atoms with van der Waals surface area (Å²) in [7, 11) is 0. The van der Waals surface area contributed by atoms with Crippen LogP contribution in [-0.4, -0.2) is 114 Å². The van der Waals surface area contributed by atoms with E-state index in [4.69, 9.17) is 18.9 Å². The minimum Gasteiger partial charge on any atom is -0.462 e. The Bertz CT molecular complexity index is 980. The molecule has 200 valence electrons. The van der Waals surface area contributed by atoms with Gasteiger partial charge in [-0.25, -0.2) is 0 Å². The van der Waals surface area contributed by atoms with Crippen LogP contribution in [0.5, 0.6) is 11.5 Å². The molecule has 2 aliphatic rings. The third kappa shape index (κ3) is 4.77. The number of aliphatic hydroxyl groups excluding tert-OH is 6. The van der Waals surface area contributed by atoms with Gasteiger partial charge in [-0.3, -0.25) is 0 Å². The summed E-state index contributed by atoms with van der Waals surface area (Å²) in [4.78, 5) is 0. The van der Waals surface area contributed by atoms with Crippen LogP contribution in [0.15, 0.2) is 36.4 Å². The van der Waals surface area contributed by atoms with Crippen LogP contribution >= 0.6 is 0 Å². The van der Waals surface area contributed by atoms with E-state index in [0.717, 1.165) is 5.39 Å². The molecule has 0 aromatic heterocycles. The number of hydrogen-bond acceptors (Lipinski definition) is 12. The summed E-state index contributed by atoms with van der Waals surface area (Å²) in [5.74, 6) is 0.481. The topological polar surface area (TPSA) is 199 Å². The van der Waals surface area contributed by atoms with Crippen LogP contribution in [0.3, 0.4) is 0 Å². The highest BCUT2D eigenvalue weighted by molar-refractivity contribution is 5.85. The number of ether oxygens (including phenoxy) is 4. The molecule has 0 spiro atoms. The van der Waals surface area contributed by atoms with Crippen molar-refractivity contribution in [2.24, 2.45) is 0 Å². The van der Waals surface area contributed by atoms with E-state index in [1.54, 1.807) is 36.4 Å². The molecule has 2 aromatic rings. The Morgan fingerprint density at radius 1 is 0.694 bits per heavy atom. The van der Waals surface area contributed by atoms with Gasteiger partial charge in [0.15, 0.2) is 11.2 Å². The SMILES string of the molecule is CC1(O)C(Oc2ccc3ccc(OC4OC(CO)C(O)C(O)C4(C)O)cc3c2)OC(CO)C(O)C1O. The van der Waals surface area contributed by atoms with Crippen LogP contribution in [0.4, 0.5) is 0 Å². The fraction of sp³-hybridized carbons (Fsp3) is 0.583. The smallest absolute Gasteiger partial charge is 0.231 e. The Balaban J connectivity index is 1.56. The number of benzene rings is 2. The lowest BCUT2D eigenvalue weighted by molar-refractivity contribution is -0.314. The molecule has 2 aliphatic heterocycles. The quantitative estimate of drug-likeness (QED) is 0.212. The molecule has 0 amide bonds. The third-order valence-electron chi connectivity index (χ3n) is 6.79. The molecule has 8 N–H and O–H groups in total. The summed E-state index contributed by atoms with van der Waals surface area (Å²) in [6.07, 6.45) is -11.4. The predicted octanol–water partition coefficient (Wildman–Crippen LogP) is -2.02. The number of rotatable bonds is 6. The first-order valence-corrected chi connectivity index (χ1v) is 11.5. The molecule has 36 heavy (non-hydrogen) atoms. The standard InChI is InChI=1S/C24H32O12/c1-23(31)19(29)17(27)15(9-25)35-21(23)33-13-5-3-11-4-6-14(8-12(11)7-13)34-22-24(2,32)20(30)18(28)16(10-26)36-22/h3-8,15-22,25-32H,9-10H2,1-2H3. The Morgan fingerprint density at radius 2 is 1.08 bits per heavy atom. The van der Waals surface area contributed by atoms with Crippen molar-refractivity contribution in [1.82, 2.24) is 0 Å². The number of aliphatic hydroxyl groups is 8. The Labute approximate surface area is 206 Å². The van der Waals surface area contributed by atoms with Crippen molar-refractivity contribution in [2.45, 2.75) is 74.3 Å². The normalized spacial score (nSPS) is 41.3. The highest BCUT2D eigenvalue weighted by Gasteiger charge is 2.54. The van der Waals surface area contributed by atoms with Gasteiger partial charge in [-0.05, 0) is 48.9 Å². The largest absolute Gasteiger partial charge is 0.462 e. The predicted molar refractivity (Wildman–Crippen MR) is 122 cm³/mol. The van der Waals surface area contributed by atoms with Gasteiger partial charge in [0, 0.05) is 0 Å². The fourth-order valence-corrected chi connectivity index (χ4v) is 4.32. The molecule has 10 unspecified atom stereocenters. The second-order valence-corrected chi connectivity index (χ2v) is 9.61. The van der Waals surface area contributed by atoms with Crippen molar-refractivity contribution in [1.29, 1.82) is 0 Å². The lowest BCUT2D eigenvalue weighted by Crippen LogP contribution is -2.66. The summed E-state index contributed by atoms with van der Waals surface area (Å²) in [5, 5.41) is 82.1. The Kier molecular flexibility index (Phi) is 7.48. The van der Waals surface area contributed by atoms with E-state index in [1.807, 2.05) is 0 Å². The minimum absolute atomic E-state index is 0.241. The van der Waals surface area contributed by atoms with Gasteiger partial charge in [0.25, 0.3) is 0 Å². The molecular weight excluding hydrogens is 480 g/mol. The van der Waals surface area contributed by atoms with E-state index in [-0.39, 0.29) is 11.5 Å². The molecule has 0 aliphatic carbocycles. The number of fused-ring (bicyclic) bond motifs is 1. The molecule has 2 fully saturated rings. The summed E-state index contributed by atoms with van der Waals surface area (Å²) in [6, 6.07) is 9.84. The van der Waals surface area contributed by atoms with Gasteiger partial charge in [-0.1, -0.05) is 12.1 Å². The van der Waals surface area contributed by atoms with Crippen LogP contribution in [0.25, 0.3) is 10.8 Å². The van der Waals surface area contributed by atoms with Gasteiger partial charge in [0.2, 0.25) is 12.6 Å². The molecule has 12 nitrogen and oxygen atoms in total. The molecule has 4 rings (SSSR count). The maximum Gasteiger partial charge on any atom is 0.231 e. The van der Waals surface area contributed by atoms with E-state index in [2.05, 4.69) is 0 Å². The van der Waals surface area contributed by atoms with Crippen LogP contribution in [-0.2, 0) is 9.47 Å². The summed E-state index contributed by atoms with van der Waals surface area (Å²) in [6.45, 7) is 1.30. The van der Waals surface area contributed by atoms with Crippen molar-refractivity contribution < 1.29 is 59.8 Å². The lowest BCUT2D eigenvalue weighted by Gasteiger charge is -2.45. The molecular formula is C24H32O12. The van der Waals surface area contributed by atoms with E-state index >= 15 is 0 Å². The number of hydrogen-bond donors (Lipinski definition) is 8. The zero-order chi connectivity index (χ0) is 26.4. The van der Waals surface area contributed by atoms with Crippen molar-refractivity contribution in [3.63, 3.8) is 0 Å². The third-order valence-corrected chi connectivity index (χ3v) is 6.79. The van der Waals surface area contributed by atoms with Crippen LogP contribution in [0.1, 0.15) is 13.8 Å². The lowest BCUT2D eigenvalue weighted by atomic mass is 9.88. The second-order valence-electron chi connectivity index (χ2n) is 9.61. The van der Waals surface area contributed by atoms with Gasteiger partial charge in [-0.15, -0.1) is 0 Å². The van der Waals surface area contributed by atoms with E-state index in [9.17, 15) is 40.9 Å². The van der Waals surface area contributed by atoms with Gasteiger partial charge in [0.1, 0.15) is 48.1 Å². The highest BCUT2D eigenvalue weighted by atomic mass is 16.7. The van der Waals surface area contributed by atoms with Gasteiger partial charge in [0.05, 0.1) is 13.2 Å². The molecule has 2 heterocycles. The van der Waals surface area contributed by atoms with Gasteiger partial charge < -0.3 is 59.8 Å². The molecule has 2 aromatic carbocycles. The molecule has 0 bridgehead atoms. The molecule has 2 saturated heterocycles. The molecule has 12 heteroatoms. The monoisotopic (exact) mass is 512 g/mol. The Hall–Kier alpha value is -2.10. The summed E-state index contributed by atoms with van der Waals surface area (Å²) < 4.78 is 22.5. The van der Waals surface area contributed by atoms with E-state index in [1.165, 1.54) is 13.8 Å². The second kappa shape index (κ2) is 9.99. The maximum atomic E-state index is 10.7. The van der Waals surface area contributed by atoms with Crippen molar-refractivity contribution >= 4 is 10.8 Å². The summed E-state index contributed by atoms with van der Waals surface area (Å²) >= 11 is 0. The molecule has 10 atom stereocenters. The fourth-order valence-electron chi connectivity index (χ4n) is 4.32. The molecule has 0 radical (unpaired) electrons. The van der Waals surface area contributed by atoms with Gasteiger partial charge >= 0.3 is 0 Å². The average Bonchev–Trinajstić information content (AvgIpc) is 2.85. The van der Waals surface area contributed by atoms with Crippen LogP contribution < -0.4 is 9.47 Å². The Morgan fingerprint density at radius 3 is 1.44 bits per heavy atom. The van der Waals surface area contributed by atoms with E-state index in [0.29, 0.717) is 5.39 Å². The highest BCUT2D eigenvalue weighted by Crippen LogP contribution is 2.35. The maximum absolute atomic E-state index is 10.7. The van der Waals surface area contributed by atoms with Crippen LogP contribution in [0, 0.1) is 0 Å². The minimum atomic E-state index is -1.98. The van der Waals surface area contributed by atoms with Crippen LogP contribution in [0.2, 0.25) is 0 Å².